The largest absolute Gasteiger partial charge is 0.384 e. The molecule has 0 radical (unpaired) electrons. The summed E-state index contributed by atoms with van der Waals surface area (Å²) >= 11 is 5.79. The SMILES string of the molecule is Nc1cc(C(=O)NC2CCCCCC2)cc(Cl)n1. The second-order valence-electron chi connectivity index (χ2n) is 4.77. The second kappa shape index (κ2) is 6.05. The zero-order valence-electron chi connectivity index (χ0n) is 10.3. The highest BCUT2D eigenvalue weighted by molar-refractivity contribution is 6.29. The molecule has 0 aliphatic heterocycles. The molecule has 98 valence electrons. The van der Waals surface area contributed by atoms with E-state index in [-0.39, 0.29) is 22.9 Å². The van der Waals surface area contributed by atoms with E-state index < -0.39 is 0 Å². The van der Waals surface area contributed by atoms with Crippen LogP contribution < -0.4 is 11.1 Å². The van der Waals surface area contributed by atoms with Gasteiger partial charge in [0.05, 0.1) is 0 Å². The van der Waals surface area contributed by atoms with Gasteiger partial charge in [-0.2, -0.15) is 0 Å². The molecule has 1 aliphatic carbocycles. The van der Waals surface area contributed by atoms with Crippen molar-refractivity contribution in [1.82, 2.24) is 10.3 Å². The Morgan fingerprint density at radius 1 is 1.28 bits per heavy atom. The number of nitrogens with zero attached hydrogens (tertiary/aromatic N) is 1. The first-order valence-corrected chi connectivity index (χ1v) is 6.77. The Morgan fingerprint density at radius 2 is 1.94 bits per heavy atom. The van der Waals surface area contributed by atoms with Crippen molar-refractivity contribution in [2.75, 3.05) is 5.73 Å². The van der Waals surface area contributed by atoms with E-state index in [2.05, 4.69) is 10.3 Å². The zero-order chi connectivity index (χ0) is 13.0. The van der Waals surface area contributed by atoms with Gasteiger partial charge in [0, 0.05) is 11.6 Å². The molecule has 0 bridgehead atoms. The van der Waals surface area contributed by atoms with Gasteiger partial charge in [0.25, 0.3) is 5.91 Å². The fourth-order valence-corrected chi connectivity index (χ4v) is 2.56. The number of halogens is 1. The summed E-state index contributed by atoms with van der Waals surface area (Å²) in [6.45, 7) is 0. The molecule has 3 N–H and O–H groups in total. The van der Waals surface area contributed by atoms with Crippen LogP contribution in [0.4, 0.5) is 5.82 Å². The predicted molar refractivity (Wildman–Crippen MR) is 72.6 cm³/mol. The van der Waals surface area contributed by atoms with Crippen molar-refractivity contribution in [3.63, 3.8) is 0 Å². The monoisotopic (exact) mass is 267 g/mol. The minimum Gasteiger partial charge on any atom is -0.384 e. The molecule has 5 heteroatoms. The Labute approximate surface area is 112 Å². The first-order chi connectivity index (χ1) is 8.65. The molecule has 0 saturated heterocycles. The molecular weight excluding hydrogens is 250 g/mol. The van der Waals surface area contributed by atoms with Gasteiger partial charge in [-0.1, -0.05) is 37.3 Å². The van der Waals surface area contributed by atoms with Gasteiger partial charge in [-0.25, -0.2) is 4.98 Å². The Morgan fingerprint density at radius 3 is 2.56 bits per heavy atom. The van der Waals surface area contributed by atoms with Crippen LogP contribution in [0.2, 0.25) is 5.15 Å². The molecule has 1 aromatic heterocycles. The van der Waals surface area contributed by atoms with Crippen LogP contribution >= 0.6 is 11.6 Å². The lowest BCUT2D eigenvalue weighted by Gasteiger charge is -2.16. The van der Waals surface area contributed by atoms with Crippen LogP contribution in [0.1, 0.15) is 48.9 Å². The predicted octanol–water partition coefficient (Wildman–Crippen LogP) is 2.77. The van der Waals surface area contributed by atoms with Gasteiger partial charge in [-0.3, -0.25) is 4.79 Å². The highest BCUT2D eigenvalue weighted by atomic mass is 35.5. The number of amides is 1. The minimum atomic E-state index is -0.113. The van der Waals surface area contributed by atoms with Gasteiger partial charge < -0.3 is 11.1 Å². The molecule has 18 heavy (non-hydrogen) atoms. The van der Waals surface area contributed by atoms with Crippen molar-refractivity contribution >= 4 is 23.3 Å². The number of nitrogens with one attached hydrogen (secondary N) is 1. The molecule has 0 atom stereocenters. The van der Waals surface area contributed by atoms with Crippen molar-refractivity contribution in [2.45, 2.75) is 44.6 Å². The molecule has 0 unspecified atom stereocenters. The van der Waals surface area contributed by atoms with E-state index in [1.165, 1.54) is 25.7 Å². The van der Waals surface area contributed by atoms with Crippen LogP contribution in [0, 0.1) is 0 Å². The quantitative estimate of drug-likeness (QED) is 0.639. The molecule has 1 amide bonds. The first-order valence-electron chi connectivity index (χ1n) is 6.39. The molecule has 0 spiro atoms. The summed E-state index contributed by atoms with van der Waals surface area (Å²) < 4.78 is 0. The fourth-order valence-electron chi connectivity index (χ4n) is 2.34. The van der Waals surface area contributed by atoms with Gasteiger partial charge in [0.1, 0.15) is 11.0 Å². The van der Waals surface area contributed by atoms with E-state index in [9.17, 15) is 4.79 Å². The van der Waals surface area contributed by atoms with Crippen molar-refractivity contribution in [3.05, 3.63) is 22.8 Å². The number of hydrogen-bond donors (Lipinski definition) is 2. The zero-order valence-corrected chi connectivity index (χ0v) is 11.0. The number of nitrogens with two attached hydrogens (primary N) is 1. The van der Waals surface area contributed by atoms with Gasteiger partial charge >= 0.3 is 0 Å². The van der Waals surface area contributed by atoms with Crippen LogP contribution in [0.15, 0.2) is 12.1 Å². The minimum absolute atomic E-state index is 0.113. The number of carbonyl (C=O) groups is 1. The van der Waals surface area contributed by atoms with E-state index >= 15 is 0 Å². The van der Waals surface area contributed by atoms with Crippen molar-refractivity contribution in [3.8, 4) is 0 Å². The normalized spacial score (nSPS) is 17.2. The highest BCUT2D eigenvalue weighted by Crippen LogP contribution is 2.18. The van der Waals surface area contributed by atoms with Crippen LogP contribution in [0.5, 0.6) is 0 Å². The Balaban J connectivity index is 2.01. The summed E-state index contributed by atoms with van der Waals surface area (Å²) in [6, 6.07) is 3.37. The molecule has 0 aromatic carbocycles. The van der Waals surface area contributed by atoms with Crippen molar-refractivity contribution < 1.29 is 4.79 Å². The van der Waals surface area contributed by atoms with Gasteiger partial charge in [-0.15, -0.1) is 0 Å². The summed E-state index contributed by atoms with van der Waals surface area (Å²) in [5, 5.41) is 3.30. The summed E-state index contributed by atoms with van der Waals surface area (Å²) in [7, 11) is 0. The second-order valence-corrected chi connectivity index (χ2v) is 5.15. The first kappa shape index (κ1) is 13.1. The lowest BCUT2D eigenvalue weighted by atomic mass is 10.1. The van der Waals surface area contributed by atoms with Crippen LogP contribution in [0.25, 0.3) is 0 Å². The van der Waals surface area contributed by atoms with Crippen LogP contribution in [0.3, 0.4) is 0 Å². The summed E-state index contributed by atoms with van der Waals surface area (Å²) in [6.07, 6.45) is 7.01. The lowest BCUT2D eigenvalue weighted by molar-refractivity contribution is 0.0933. The van der Waals surface area contributed by atoms with E-state index in [0.717, 1.165) is 12.8 Å². The third kappa shape index (κ3) is 3.60. The van der Waals surface area contributed by atoms with E-state index in [1.54, 1.807) is 12.1 Å². The molecule has 2 rings (SSSR count). The third-order valence-corrected chi connectivity index (χ3v) is 3.46. The standard InChI is InChI=1S/C13H18ClN3O/c14-11-7-9(8-12(15)17-11)13(18)16-10-5-3-1-2-4-6-10/h7-8,10H,1-6H2,(H2,15,17)(H,16,18). The molecule has 1 fully saturated rings. The Bertz CT molecular complexity index is 408. The third-order valence-electron chi connectivity index (χ3n) is 3.27. The number of aromatic nitrogens is 1. The van der Waals surface area contributed by atoms with E-state index in [1.807, 2.05) is 0 Å². The molecule has 1 saturated carbocycles. The summed E-state index contributed by atoms with van der Waals surface area (Å²) in [5.74, 6) is 0.159. The topological polar surface area (TPSA) is 68.0 Å². The van der Waals surface area contributed by atoms with E-state index in [0.29, 0.717) is 5.56 Å². The average molecular weight is 268 g/mol. The molecule has 1 aliphatic rings. The average Bonchev–Trinajstić information content (AvgIpc) is 2.56. The number of nitrogen functional groups attached to an aromatic ring is 1. The fraction of sp³-hybridized carbons (Fsp3) is 0.538. The molecule has 1 heterocycles. The number of hydrogen-bond acceptors (Lipinski definition) is 3. The maximum absolute atomic E-state index is 12.1. The number of pyridine rings is 1. The van der Waals surface area contributed by atoms with Crippen LogP contribution in [-0.2, 0) is 0 Å². The van der Waals surface area contributed by atoms with Gasteiger partial charge in [0.15, 0.2) is 0 Å². The Hall–Kier alpha value is -1.29. The maximum atomic E-state index is 12.1. The highest BCUT2D eigenvalue weighted by Gasteiger charge is 2.16. The molecular formula is C13H18ClN3O. The van der Waals surface area contributed by atoms with E-state index in [4.69, 9.17) is 17.3 Å². The van der Waals surface area contributed by atoms with Crippen molar-refractivity contribution in [1.29, 1.82) is 0 Å². The Kier molecular flexibility index (Phi) is 4.42. The number of rotatable bonds is 2. The lowest BCUT2D eigenvalue weighted by Crippen LogP contribution is -2.34. The summed E-state index contributed by atoms with van der Waals surface area (Å²) in [5.41, 5.74) is 6.06. The number of anilines is 1. The van der Waals surface area contributed by atoms with Gasteiger partial charge in [0.2, 0.25) is 0 Å². The molecule has 4 nitrogen and oxygen atoms in total. The number of carbonyl (C=O) groups excluding carboxylic acids is 1. The maximum Gasteiger partial charge on any atom is 0.251 e. The van der Waals surface area contributed by atoms with Crippen LogP contribution in [-0.4, -0.2) is 16.9 Å². The van der Waals surface area contributed by atoms with Crippen molar-refractivity contribution in [2.24, 2.45) is 0 Å². The smallest absolute Gasteiger partial charge is 0.251 e. The summed E-state index contributed by atoms with van der Waals surface area (Å²) in [4.78, 5) is 15.9. The van der Waals surface area contributed by atoms with Gasteiger partial charge in [-0.05, 0) is 25.0 Å². The molecule has 1 aromatic rings.